The molecule has 0 aliphatic carbocycles. The maximum absolute atomic E-state index is 7.40. The Morgan fingerprint density at radius 2 is 2.25 bits per heavy atom. The van der Waals surface area contributed by atoms with Crippen LogP contribution in [-0.4, -0.2) is 0 Å². The lowest BCUT2D eigenvalue weighted by Gasteiger charge is -1.45. The fraction of sp³-hybridized carbons (Fsp3) is 0. The van der Waals surface area contributed by atoms with E-state index in [0.717, 1.165) is 0 Å². The van der Waals surface area contributed by atoms with Gasteiger partial charge >= 0.3 is 0 Å². The van der Waals surface area contributed by atoms with Gasteiger partial charge in [-0.25, -0.2) is 0 Å². The van der Waals surface area contributed by atoms with Crippen molar-refractivity contribution in [2.24, 2.45) is 0 Å². The third-order valence-corrected chi connectivity index (χ3v) is 0.137. The summed E-state index contributed by atoms with van der Waals surface area (Å²) in [5, 5.41) is 8.91. The van der Waals surface area contributed by atoms with Gasteiger partial charge in [0.2, 0.25) is 0 Å². The molecule has 4 heavy (non-hydrogen) atoms. The Bertz CT molecular complexity index is 35.8. The Morgan fingerprint density at radius 1 is 2.00 bits per heavy atom. The van der Waals surface area contributed by atoms with Gasteiger partial charge in [0.05, 0.1) is 6.26 Å². The van der Waals surface area contributed by atoms with Crippen LogP contribution in [-0.2, 0) is 0 Å². The average molecular weight is 70.1 g/mol. The molecule has 0 rings (SSSR count). The zero-order valence-corrected chi connectivity index (χ0v) is 2.67. The van der Waals surface area contributed by atoms with Gasteiger partial charge in [-0.3, -0.25) is 0 Å². The monoisotopic (exact) mass is 70.0 g/mol. The average Bonchev–Trinajstić information content (AvgIpc) is 1.37. The Hall–Kier alpha value is -0.160. The zero-order valence-electron chi connectivity index (χ0n) is 1.86. The standard InChI is InChI=1S/C2NS/c1-4-2-3. The van der Waals surface area contributed by atoms with Crippen LogP contribution in [0.4, 0.5) is 0 Å². The molecule has 0 heterocycles. The van der Waals surface area contributed by atoms with Crippen molar-refractivity contribution in [2.45, 2.75) is 0 Å². The van der Waals surface area contributed by atoms with E-state index in [9.17, 15) is 0 Å². The molecule has 0 aromatic rings. The predicted molar refractivity (Wildman–Crippen MR) is 16.4 cm³/mol. The van der Waals surface area contributed by atoms with Gasteiger partial charge in [0.1, 0.15) is 5.40 Å². The summed E-state index contributed by atoms with van der Waals surface area (Å²) in [4.78, 5) is 0. The molecule has 0 amide bonds. The molecule has 0 aliphatic rings. The minimum atomic E-state index is 0.412. The van der Waals surface area contributed by atoms with E-state index >= 15 is 0 Å². The van der Waals surface area contributed by atoms with Gasteiger partial charge in [0.25, 0.3) is 0 Å². The summed E-state index contributed by atoms with van der Waals surface area (Å²) in [5.41, 5.74) is 0. The summed E-state index contributed by atoms with van der Waals surface area (Å²) >= 11 is 0.412. The van der Waals surface area contributed by atoms with Crippen LogP contribution in [0.15, 0.2) is 0 Å². The van der Waals surface area contributed by atoms with Gasteiger partial charge in [-0.1, -0.05) is 0 Å². The summed E-state index contributed by atoms with van der Waals surface area (Å²) in [5.74, 6) is 0. The fourth-order valence-electron chi connectivity index (χ4n) is 0. The second-order valence-corrected chi connectivity index (χ2v) is 0.580. The van der Waals surface area contributed by atoms with E-state index in [4.69, 9.17) is 11.5 Å². The van der Waals surface area contributed by atoms with Crippen molar-refractivity contribution in [3.63, 3.8) is 0 Å². The molecular formula is C2NS. The summed E-state index contributed by atoms with van der Waals surface area (Å²) in [6.45, 7) is 0. The summed E-state index contributed by atoms with van der Waals surface area (Å²) in [7, 11) is 0. The molecule has 3 radical (unpaired) electrons. The lowest BCUT2D eigenvalue weighted by Crippen LogP contribution is -1.20. The van der Waals surface area contributed by atoms with Crippen molar-refractivity contribution in [3.8, 4) is 5.40 Å². The van der Waals surface area contributed by atoms with Gasteiger partial charge in [-0.05, 0) is 11.8 Å². The van der Waals surface area contributed by atoms with Gasteiger partial charge in [-0.15, -0.1) is 0 Å². The molecule has 0 aliphatic heterocycles. The van der Waals surface area contributed by atoms with Crippen LogP contribution < -0.4 is 0 Å². The third-order valence-electron chi connectivity index (χ3n) is 0.0456. The number of hydrogen-bond donors (Lipinski definition) is 0. The lowest BCUT2D eigenvalue weighted by atomic mass is 11.8. The predicted octanol–water partition coefficient (Wildman–Crippen LogP) is 0.746. The molecule has 0 spiro atoms. The molecule has 0 unspecified atom stereocenters. The van der Waals surface area contributed by atoms with Gasteiger partial charge in [-0.2, -0.15) is 5.26 Å². The Labute approximate surface area is 29.6 Å². The number of thiocyanates is 1. The normalized spacial score (nSPS) is 5.00. The molecule has 1 nitrogen and oxygen atoms in total. The Morgan fingerprint density at radius 3 is 2.25 bits per heavy atom. The van der Waals surface area contributed by atoms with Crippen LogP contribution >= 0.6 is 11.8 Å². The van der Waals surface area contributed by atoms with Crippen LogP contribution in [0.1, 0.15) is 0 Å². The molecule has 0 saturated carbocycles. The van der Waals surface area contributed by atoms with Crippen LogP contribution in [0.2, 0.25) is 0 Å². The van der Waals surface area contributed by atoms with Gasteiger partial charge < -0.3 is 0 Å². The van der Waals surface area contributed by atoms with Crippen molar-refractivity contribution >= 4 is 11.8 Å². The van der Waals surface area contributed by atoms with Crippen LogP contribution in [0, 0.1) is 16.9 Å². The quantitative estimate of drug-likeness (QED) is 0.392. The number of nitriles is 1. The smallest absolute Gasteiger partial charge is 0.134 e. The number of rotatable bonds is 0. The van der Waals surface area contributed by atoms with Crippen molar-refractivity contribution in [1.82, 2.24) is 0 Å². The van der Waals surface area contributed by atoms with E-state index in [1.165, 1.54) is 5.40 Å². The number of hydrogen-bond acceptors (Lipinski definition) is 2. The number of nitrogens with zero attached hydrogens (tertiary/aromatic N) is 1. The summed E-state index contributed by atoms with van der Waals surface area (Å²) in [6.07, 6.45) is 6.01. The molecule has 0 atom stereocenters. The van der Waals surface area contributed by atoms with Crippen LogP contribution in [0.5, 0.6) is 0 Å². The number of thioether (sulfide) groups is 1. The van der Waals surface area contributed by atoms with Crippen LogP contribution in [0.3, 0.4) is 0 Å². The van der Waals surface area contributed by atoms with Gasteiger partial charge in [0, 0.05) is 0 Å². The van der Waals surface area contributed by atoms with E-state index < -0.39 is 0 Å². The van der Waals surface area contributed by atoms with E-state index in [1.807, 2.05) is 0 Å². The molecule has 0 saturated heterocycles. The summed E-state index contributed by atoms with van der Waals surface area (Å²) < 4.78 is 0. The lowest BCUT2D eigenvalue weighted by molar-refractivity contribution is 1.57. The fourth-order valence-corrected chi connectivity index (χ4v) is 0. The molecule has 0 fully saturated rings. The second kappa shape index (κ2) is 2.84. The minimum absolute atomic E-state index is 0.412. The molecule has 0 aromatic carbocycles. The first kappa shape index (κ1) is 3.84. The zero-order chi connectivity index (χ0) is 3.41. The largest absolute Gasteiger partial charge is 0.185 e. The molecule has 2 heteroatoms. The van der Waals surface area contributed by atoms with Crippen molar-refractivity contribution < 1.29 is 0 Å². The van der Waals surface area contributed by atoms with E-state index in [0.29, 0.717) is 11.8 Å². The SMILES string of the molecule is [C]SC#N. The molecule has 19 valence electrons. The first-order chi connectivity index (χ1) is 1.91. The van der Waals surface area contributed by atoms with Gasteiger partial charge in [0.15, 0.2) is 0 Å². The Balaban J connectivity index is 2.43. The maximum atomic E-state index is 7.40. The van der Waals surface area contributed by atoms with Crippen molar-refractivity contribution in [2.75, 3.05) is 0 Å². The third kappa shape index (κ3) is 1.84. The Kier molecular flexibility index (Phi) is 2.73. The van der Waals surface area contributed by atoms with Crippen molar-refractivity contribution in [3.05, 3.63) is 6.26 Å². The van der Waals surface area contributed by atoms with Crippen molar-refractivity contribution in [1.29, 1.82) is 5.26 Å². The minimum Gasteiger partial charge on any atom is -0.185 e. The van der Waals surface area contributed by atoms with E-state index in [-0.39, 0.29) is 0 Å². The van der Waals surface area contributed by atoms with Crippen LogP contribution in [0.25, 0.3) is 0 Å². The van der Waals surface area contributed by atoms with E-state index in [2.05, 4.69) is 0 Å². The highest BCUT2D eigenvalue weighted by Crippen LogP contribution is 1.83. The highest BCUT2D eigenvalue weighted by molar-refractivity contribution is 8.04. The molecule has 0 bridgehead atoms. The molecular weight excluding hydrogens is 70.1 g/mol. The second-order valence-electron chi connectivity index (χ2n) is 0.193. The maximum Gasteiger partial charge on any atom is 0.134 e. The first-order valence-electron chi connectivity index (χ1n) is 0.632. The van der Waals surface area contributed by atoms with E-state index in [1.54, 1.807) is 0 Å². The molecule has 0 N–H and O–H groups in total. The highest BCUT2D eigenvalue weighted by atomic mass is 32.2. The topological polar surface area (TPSA) is 23.8 Å². The first-order valence-corrected chi connectivity index (χ1v) is 1.45. The highest BCUT2D eigenvalue weighted by Gasteiger charge is 1.51. The summed E-state index contributed by atoms with van der Waals surface area (Å²) in [6, 6.07) is 0. The molecule has 0 aromatic heterocycles.